The number of aromatic nitrogens is 2. The monoisotopic (exact) mass is 470 g/mol. The van der Waals surface area contributed by atoms with Gasteiger partial charge in [-0.3, -0.25) is 4.79 Å². The number of benzene rings is 4. The average molecular weight is 471 g/mol. The minimum atomic E-state index is -0.0992. The molecule has 36 heavy (non-hydrogen) atoms. The molecular formula is C31H26N4O. The van der Waals surface area contributed by atoms with Crippen molar-refractivity contribution in [1.82, 2.24) is 9.97 Å². The molecule has 0 spiro atoms. The third kappa shape index (κ3) is 4.43. The van der Waals surface area contributed by atoms with Crippen LogP contribution in [0.15, 0.2) is 91.0 Å². The molecule has 0 saturated heterocycles. The Morgan fingerprint density at radius 3 is 2.47 bits per heavy atom. The molecule has 6 rings (SSSR count). The molecule has 5 heteroatoms. The van der Waals surface area contributed by atoms with Gasteiger partial charge in [-0.1, -0.05) is 78.9 Å². The van der Waals surface area contributed by atoms with Gasteiger partial charge in [0, 0.05) is 17.7 Å². The molecule has 1 amide bonds. The molecule has 1 heterocycles. The lowest BCUT2D eigenvalue weighted by atomic mass is 9.91. The van der Waals surface area contributed by atoms with E-state index >= 15 is 0 Å². The Morgan fingerprint density at radius 1 is 0.806 bits per heavy atom. The summed E-state index contributed by atoms with van der Waals surface area (Å²) < 4.78 is 0. The van der Waals surface area contributed by atoms with Crippen LogP contribution in [0.4, 0.5) is 11.5 Å². The zero-order valence-electron chi connectivity index (χ0n) is 19.9. The van der Waals surface area contributed by atoms with Crippen LogP contribution in [0.2, 0.25) is 0 Å². The lowest BCUT2D eigenvalue weighted by molar-refractivity contribution is -0.115. The van der Waals surface area contributed by atoms with Crippen molar-refractivity contribution in [1.29, 1.82) is 0 Å². The minimum absolute atomic E-state index is 0.0992. The largest absolute Gasteiger partial charge is 0.399 e. The quantitative estimate of drug-likeness (QED) is 0.321. The van der Waals surface area contributed by atoms with E-state index in [1.165, 1.54) is 5.56 Å². The molecule has 0 unspecified atom stereocenters. The highest BCUT2D eigenvalue weighted by Gasteiger charge is 2.23. The Hall–Kier alpha value is -4.51. The van der Waals surface area contributed by atoms with Crippen LogP contribution in [-0.2, 0) is 30.5 Å². The van der Waals surface area contributed by atoms with Crippen molar-refractivity contribution in [3.63, 3.8) is 0 Å². The maximum atomic E-state index is 13.1. The molecule has 4 aromatic carbocycles. The van der Waals surface area contributed by atoms with Crippen LogP contribution in [0.25, 0.3) is 22.0 Å². The summed E-state index contributed by atoms with van der Waals surface area (Å²) in [6.45, 7) is 0. The van der Waals surface area contributed by atoms with E-state index in [-0.39, 0.29) is 12.3 Å². The summed E-state index contributed by atoms with van der Waals surface area (Å²) in [5.41, 5.74) is 13.7. The fourth-order valence-electron chi connectivity index (χ4n) is 4.92. The molecule has 0 aliphatic heterocycles. The van der Waals surface area contributed by atoms with Gasteiger partial charge in [0.1, 0.15) is 0 Å². The maximum Gasteiger partial charge on any atom is 0.229 e. The zero-order valence-corrected chi connectivity index (χ0v) is 19.9. The Labute approximate surface area is 210 Å². The fourth-order valence-corrected chi connectivity index (χ4v) is 4.92. The van der Waals surface area contributed by atoms with E-state index in [1.54, 1.807) is 0 Å². The number of aryl methyl sites for hydroxylation is 2. The van der Waals surface area contributed by atoms with Gasteiger partial charge in [0.2, 0.25) is 5.91 Å². The highest BCUT2D eigenvalue weighted by molar-refractivity contribution is 5.93. The van der Waals surface area contributed by atoms with Crippen molar-refractivity contribution in [2.24, 2.45) is 0 Å². The highest BCUT2D eigenvalue weighted by Crippen LogP contribution is 2.34. The summed E-state index contributed by atoms with van der Waals surface area (Å²) in [6.07, 6.45) is 2.47. The number of carbonyl (C=O) groups excluding carboxylic acids is 1. The summed E-state index contributed by atoms with van der Waals surface area (Å²) in [4.78, 5) is 23.1. The SMILES string of the molecule is Nc1ccc2c(c1)CCc1nc(NC(=O)Cc3ccc4ccccc4c3)c(Cc3ccccc3)nc1-2. The summed E-state index contributed by atoms with van der Waals surface area (Å²) in [5.74, 6) is 0.445. The van der Waals surface area contributed by atoms with Crippen LogP contribution >= 0.6 is 0 Å². The number of nitrogen functional groups attached to an aromatic ring is 1. The number of anilines is 2. The molecule has 1 aromatic heterocycles. The number of fused-ring (bicyclic) bond motifs is 4. The van der Waals surface area contributed by atoms with Gasteiger partial charge in [-0.2, -0.15) is 0 Å². The molecule has 3 N–H and O–H groups in total. The average Bonchev–Trinajstić information content (AvgIpc) is 2.89. The van der Waals surface area contributed by atoms with E-state index in [0.717, 1.165) is 63.1 Å². The first-order valence-corrected chi connectivity index (χ1v) is 12.2. The van der Waals surface area contributed by atoms with E-state index in [1.807, 2.05) is 54.6 Å². The standard InChI is InChI=1S/C31H26N4O/c32-25-13-14-26-24(19-25)12-15-27-30(26)33-28(17-20-6-2-1-3-7-20)31(34-27)35-29(36)18-21-10-11-22-8-4-5-9-23(22)16-21/h1-11,13-14,16,19H,12,15,17-18,32H2,(H,34,35,36). The van der Waals surface area contributed by atoms with E-state index in [9.17, 15) is 4.79 Å². The predicted octanol–water partition coefficient (Wildman–Crippen LogP) is 5.75. The topological polar surface area (TPSA) is 80.9 Å². The maximum absolute atomic E-state index is 13.1. The Kier molecular flexibility index (Phi) is 5.66. The fraction of sp³-hybridized carbons (Fsp3) is 0.129. The summed E-state index contributed by atoms with van der Waals surface area (Å²) >= 11 is 0. The molecule has 1 aliphatic rings. The summed E-state index contributed by atoms with van der Waals surface area (Å²) in [5, 5.41) is 5.36. The molecule has 0 saturated carbocycles. The van der Waals surface area contributed by atoms with Crippen molar-refractivity contribution in [2.45, 2.75) is 25.7 Å². The summed E-state index contributed by atoms with van der Waals surface area (Å²) in [7, 11) is 0. The lowest BCUT2D eigenvalue weighted by Gasteiger charge is -2.21. The number of hydrogen-bond acceptors (Lipinski definition) is 4. The third-order valence-corrected chi connectivity index (χ3v) is 6.71. The van der Waals surface area contributed by atoms with Crippen LogP contribution in [-0.4, -0.2) is 15.9 Å². The second kappa shape index (κ2) is 9.27. The Bertz CT molecular complexity index is 1590. The Balaban J connectivity index is 1.33. The summed E-state index contributed by atoms with van der Waals surface area (Å²) in [6, 6.07) is 30.4. The molecule has 0 radical (unpaired) electrons. The van der Waals surface area contributed by atoms with E-state index in [2.05, 4.69) is 41.7 Å². The van der Waals surface area contributed by atoms with Gasteiger partial charge < -0.3 is 11.1 Å². The van der Waals surface area contributed by atoms with Gasteiger partial charge in [0.15, 0.2) is 5.82 Å². The van der Waals surface area contributed by atoms with Crippen LogP contribution in [0, 0.1) is 0 Å². The van der Waals surface area contributed by atoms with Crippen LogP contribution in [0.1, 0.15) is 28.1 Å². The van der Waals surface area contributed by atoms with E-state index in [0.29, 0.717) is 12.2 Å². The Morgan fingerprint density at radius 2 is 1.61 bits per heavy atom. The van der Waals surface area contributed by atoms with Crippen molar-refractivity contribution < 1.29 is 4.79 Å². The predicted molar refractivity (Wildman–Crippen MR) is 145 cm³/mol. The van der Waals surface area contributed by atoms with Crippen molar-refractivity contribution in [3.05, 3.63) is 119 Å². The van der Waals surface area contributed by atoms with Crippen molar-refractivity contribution in [3.8, 4) is 11.3 Å². The molecule has 0 bridgehead atoms. The van der Waals surface area contributed by atoms with Crippen LogP contribution in [0.5, 0.6) is 0 Å². The van der Waals surface area contributed by atoms with E-state index in [4.69, 9.17) is 15.7 Å². The van der Waals surface area contributed by atoms with Crippen LogP contribution in [0.3, 0.4) is 0 Å². The van der Waals surface area contributed by atoms with Gasteiger partial charge in [-0.25, -0.2) is 9.97 Å². The third-order valence-electron chi connectivity index (χ3n) is 6.71. The van der Waals surface area contributed by atoms with E-state index < -0.39 is 0 Å². The number of nitrogens with two attached hydrogens (primary N) is 1. The van der Waals surface area contributed by atoms with Crippen molar-refractivity contribution in [2.75, 3.05) is 11.1 Å². The first kappa shape index (κ1) is 22.0. The van der Waals surface area contributed by atoms with Gasteiger partial charge in [0.05, 0.1) is 23.5 Å². The van der Waals surface area contributed by atoms with Gasteiger partial charge >= 0.3 is 0 Å². The molecule has 5 aromatic rings. The van der Waals surface area contributed by atoms with Gasteiger partial charge in [-0.05, 0) is 52.4 Å². The van der Waals surface area contributed by atoms with Crippen molar-refractivity contribution >= 4 is 28.2 Å². The molecule has 5 nitrogen and oxygen atoms in total. The molecule has 1 aliphatic carbocycles. The van der Waals surface area contributed by atoms with Gasteiger partial charge in [-0.15, -0.1) is 0 Å². The zero-order chi connectivity index (χ0) is 24.5. The number of carbonyl (C=O) groups is 1. The molecular weight excluding hydrogens is 444 g/mol. The number of nitrogens with zero attached hydrogens (tertiary/aromatic N) is 2. The number of amides is 1. The minimum Gasteiger partial charge on any atom is -0.399 e. The number of rotatable bonds is 5. The first-order valence-electron chi connectivity index (χ1n) is 12.2. The van der Waals surface area contributed by atoms with Gasteiger partial charge in [0.25, 0.3) is 0 Å². The van der Waals surface area contributed by atoms with Crippen LogP contribution < -0.4 is 11.1 Å². The molecule has 0 fully saturated rings. The second-order valence-electron chi connectivity index (χ2n) is 9.30. The highest BCUT2D eigenvalue weighted by atomic mass is 16.1. The molecule has 176 valence electrons. The smallest absolute Gasteiger partial charge is 0.229 e. The normalized spacial score (nSPS) is 12.1. The first-order chi connectivity index (χ1) is 17.6. The molecule has 0 atom stereocenters. The second-order valence-corrected chi connectivity index (χ2v) is 9.30. The number of nitrogens with one attached hydrogen (secondary N) is 1. The lowest BCUT2D eigenvalue weighted by Crippen LogP contribution is -2.20. The number of hydrogen-bond donors (Lipinski definition) is 2.